The van der Waals surface area contributed by atoms with Crippen molar-refractivity contribution < 1.29 is 14.0 Å². The van der Waals surface area contributed by atoms with Crippen molar-refractivity contribution >= 4 is 29.1 Å². The Balaban J connectivity index is 1.62. The highest BCUT2D eigenvalue weighted by Crippen LogP contribution is 2.46. The fourth-order valence-corrected chi connectivity index (χ4v) is 4.73. The SMILES string of the molecule is O=C(Nc1ccc(F)c(Cl)c1)[C@@H]1c2ccccc2C(=O)N2CCc3ccccc3[C@H]12. The van der Waals surface area contributed by atoms with Gasteiger partial charge in [0.1, 0.15) is 5.82 Å². The molecule has 2 heterocycles. The average Bonchev–Trinajstić information content (AvgIpc) is 2.76. The maximum absolute atomic E-state index is 13.5. The topological polar surface area (TPSA) is 49.4 Å². The summed E-state index contributed by atoms with van der Waals surface area (Å²) in [6.07, 6.45) is 0.752. The molecule has 2 atom stereocenters. The quantitative estimate of drug-likeness (QED) is 0.637. The van der Waals surface area contributed by atoms with Gasteiger partial charge in [-0.3, -0.25) is 9.59 Å². The minimum Gasteiger partial charge on any atom is -0.330 e. The summed E-state index contributed by atoms with van der Waals surface area (Å²) in [5, 5.41) is 2.81. The highest BCUT2D eigenvalue weighted by molar-refractivity contribution is 6.31. The molecule has 3 aromatic rings. The van der Waals surface area contributed by atoms with Gasteiger partial charge in [-0.15, -0.1) is 0 Å². The molecule has 3 aromatic carbocycles. The van der Waals surface area contributed by atoms with Gasteiger partial charge in [0.25, 0.3) is 5.91 Å². The van der Waals surface area contributed by atoms with E-state index in [-0.39, 0.29) is 16.8 Å². The summed E-state index contributed by atoms with van der Waals surface area (Å²) >= 11 is 5.88. The number of hydrogen-bond acceptors (Lipinski definition) is 2. The number of carbonyl (C=O) groups is 2. The summed E-state index contributed by atoms with van der Waals surface area (Å²) in [6, 6.07) is 18.9. The van der Waals surface area contributed by atoms with Gasteiger partial charge in [0, 0.05) is 17.8 Å². The Morgan fingerprint density at radius 1 is 1.03 bits per heavy atom. The Labute approximate surface area is 178 Å². The second-order valence-corrected chi connectivity index (χ2v) is 7.98. The van der Waals surface area contributed by atoms with E-state index in [0.29, 0.717) is 23.4 Å². The summed E-state index contributed by atoms with van der Waals surface area (Å²) in [5.74, 6) is -1.46. The predicted molar refractivity (Wildman–Crippen MR) is 113 cm³/mol. The van der Waals surface area contributed by atoms with E-state index in [1.54, 1.807) is 11.0 Å². The predicted octanol–water partition coefficient (Wildman–Crippen LogP) is 4.95. The van der Waals surface area contributed by atoms with E-state index in [0.717, 1.165) is 17.5 Å². The van der Waals surface area contributed by atoms with Crippen molar-refractivity contribution in [2.75, 3.05) is 11.9 Å². The molecule has 0 bridgehead atoms. The normalized spacial score (nSPS) is 19.5. The van der Waals surface area contributed by atoms with Crippen molar-refractivity contribution in [2.24, 2.45) is 0 Å². The van der Waals surface area contributed by atoms with Crippen molar-refractivity contribution in [1.82, 2.24) is 4.90 Å². The Bertz CT molecular complexity index is 1180. The number of benzene rings is 3. The third-order valence-electron chi connectivity index (χ3n) is 5.90. The largest absolute Gasteiger partial charge is 0.330 e. The summed E-state index contributed by atoms with van der Waals surface area (Å²) < 4.78 is 13.5. The minimum atomic E-state index is -0.593. The molecule has 2 aliphatic heterocycles. The first kappa shape index (κ1) is 18.8. The number of halogens is 2. The number of anilines is 1. The molecule has 6 heteroatoms. The molecule has 30 heavy (non-hydrogen) atoms. The van der Waals surface area contributed by atoms with E-state index in [1.807, 2.05) is 42.5 Å². The van der Waals surface area contributed by atoms with Gasteiger partial charge < -0.3 is 10.2 Å². The van der Waals surface area contributed by atoms with E-state index < -0.39 is 17.8 Å². The van der Waals surface area contributed by atoms with Crippen LogP contribution in [0.3, 0.4) is 0 Å². The van der Waals surface area contributed by atoms with Crippen LogP contribution in [-0.2, 0) is 11.2 Å². The third kappa shape index (κ3) is 2.97. The summed E-state index contributed by atoms with van der Waals surface area (Å²) in [6.45, 7) is 0.557. The molecule has 0 spiro atoms. The van der Waals surface area contributed by atoms with E-state index in [2.05, 4.69) is 5.32 Å². The van der Waals surface area contributed by atoms with Gasteiger partial charge >= 0.3 is 0 Å². The van der Waals surface area contributed by atoms with Crippen LogP contribution in [0.5, 0.6) is 0 Å². The molecule has 4 nitrogen and oxygen atoms in total. The van der Waals surface area contributed by atoms with Crippen molar-refractivity contribution in [1.29, 1.82) is 0 Å². The van der Waals surface area contributed by atoms with Gasteiger partial charge in [-0.25, -0.2) is 4.39 Å². The Morgan fingerprint density at radius 3 is 2.57 bits per heavy atom. The smallest absolute Gasteiger partial charge is 0.254 e. The molecular weight excluding hydrogens is 403 g/mol. The molecule has 0 aromatic heterocycles. The van der Waals surface area contributed by atoms with Crippen LogP contribution in [0.1, 0.15) is 39.0 Å². The molecule has 0 fully saturated rings. The maximum atomic E-state index is 13.5. The second kappa shape index (κ2) is 7.26. The van der Waals surface area contributed by atoms with Crippen LogP contribution in [0.25, 0.3) is 0 Å². The molecule has 5 rings (SSSR count). The van der Waals surface area contributed by atoms with Gasteiger partial charge in [0.2, 0.25) is 5.91 Å². The van der Waals surface area contributed by atoms with E-state index in [9.17, 15) is 14.0 Å². The van der Waals surface area contributed by atoms with Crippen LogP contribution in [-0.4, -0.2) is 23.3 Å². The fourth-order valence-electron chi connectivity index (χ4n) is 4.55. The molecule has 2 aliphatic rings. The van der Waals surface area contributed by atoms with Gasteiger partial charge in [0.05, 0.1) is 17.0 Å². The lowest BCUT2D eigenvalue weighted by atomic mass is 9.76. The molecule has 1 N–H and O–H groups in total. The lowest BCUT2D eigenvalue weighted by Crippen LogP contribution is -2.49. The number of fused-ring (bicyclic) bond motifs is 4. The fraction of sp³-hybridized carbons (Fsp3) is 0.167. The molecule has 150 valence electrons. The average molecular weight is 421 g/mol. The highest BCUT2D eigenvalue weighted by Gasteiger charge is 2.46. The van der Waals surface area contributed by atoms with Crippen molar-refractivity contribution in [3.05, 3.63) is 99.8 Å². The first-order valence-corrected chi connectivity index (χ1v) is 10.2. The van der Waals surface area contributed by atoms with Gasteiger partial charge in [0.15, 0.2) is 0 Å². The van der Waals surface area contributed by atoms with Crippen LogP contribution in [0.15, 0.2) is 66.7 Å². The number of amides is 2. The molecule has 2 amide bonds. The van der Waals surface area contributed by atoms with Crippen LogP contribution in [0, 0.1) is 5.82 Å². The van der Waals surface area contributed by atoms with Crippen LogP contribution in [0.4, 0.5) is 10.1 Å². The van der Waals surface area contributed by atoms with Gasteiger partial charge in [-0.2, -0.15) is 0 Å². The molecular formula is C24H18ClFN2O2. The van der Waals surface area contributed by atoms with Gasteiger partial charge in [-0.1, -0.05) is 54.1 Å². The lowest BCUT2D eigenvalue weighted by molar-refractivity contribution is -0.119. The number of nitrogens with zero attached hydrogens (tertiary/aromatic N) is 1. The zero-order valence-electron chi connectivity index (χ0n) is 15.9. The lowest BCUT2D eigenvalue weighted by Gasteiger charge is -2.45. The number of nitrogens with one attached hydrogen (secondary N) is 1. The molecule has 0 unspecified atom stereocenters. The molecule has 0 aliphatic carbocycles. The van der Waals surface area contributed by atoms with Crippen LogP contribution >= 0.6 is 11.6 Å². The van der Waals surface area contributed by atoms with E-state index in [4.69, 9.17) is 11.6 Å². The van der Waals surface area contributed by atoms with Crippen LogP contribution < -0.4 is 5.32 Å². The zero-order chi connectivity index (χ0) is 20.8. The zero-order valence-corrected chi connectivity index (χ0v) is 16.7. The van der Waals surface area contributed by atoms with Crippen LogP contribution in [0.2, 0.25) is 5.02 Å². The minimum absolute atomic E-state index is 0.0565. The Kier molecular flexibility index (Phi) is 4.55. The first-order valence-electron chi connectivity index (χ1n) is 9.78. The Hall–Kier alpha value is -3.18. The van der Waals surface area contributed by atoms with E-state index >= 15 is 0 Å². The summed E-state index contributed by atoms with van der Waals surface area (Å²) in [7, 11) is 0. The second-order valence-electron chi connectivity index (χ2n) is 7.58. The number of hydrogen-bond donors (Lipinski definition) is 1. The first-order chi connectivity index (χ1) is 14.5. The van der Waals surface area contributed by atoms with Crippen molar-refractivity contribution in [3.8, 4) is 0 Å². The maximum Gasteiger partial charge on any atom is 0.254 e. The third-order valence-corrected chi connectivity index (χ3v) is 6.19. The van der Waals surface area contributed by atoms with E-state index in [1.165, 1.54) is 18.2 Å². The standard InChI is InChI=1S/C24H18ClFN2O2/c25-19-13-15(9-10-20(19)26)27-23(29)21-17-7-3-4-8-18(17)24(30)28-12-11-14-5-1-2-6-16(14)22(21)28/h1-10,13,21-22H,11-12H2,(H,27,29)/t21-,22-/m1/s1. The summed E-state index contributed by atoms with van der Waals surface area (Å²) in [4.78, 5) is 28.5. The molecule has 0 saturated carbocycles. The molecule has 0 saturated heterocycles. The number of rotatable bonds is 2. The monoisotopic (exact) mass is 420 g/mol. The van der Waals surface area contributed by atoms with Crippen molar-refractivity contribution in [3.63, 3.8) is 0 Å². The summed E-state index contributed by atoms with van der Waals surface area (Å²) in [5.41, 5.74) is 3.80. The van der Waals surface area contributed by atoms with Crippen molar-refractivity contribution in [2.45, 2.75) is 18.4 Å². The highest BCUT2D eigenvalue weighted by atomic mass is 35.5. The number of carbonyl (C=O) groups excluding carboxylic acids is 2. The van der Waals surface area contributed by atoms with Gasteiger partial charge in [-0.05, 0) is 47.4 Å². The Morgan fingerprint density at radius 2 is 1.77 bits per heavy atom. The molecule has 0 radical (unpaired) electrons.